The van der Waals surface area contributed by atoms with Gasteiger partial charge in [0.05, 0.1) is 10.7 Å². The molecule has 5 nitrogen and oxygen atoms in total. The van der Waals surface area contributed by atoms with Gasteiger partial charge in [-0.25, -0.2) is 4.98 Å². The monoisotopic (exact) mass is 343 g/mol. The van der Waals surface area contributed by atoms with E-state index >= 15 is 0 Å². The minimum absolute atomic E-state index is 0.00558. The van der Waals surface area contributed by atoms with Crippen LogP contribution in [0.15, 0.2) is 48.8 Å². The Kier molecular flexibility index (Phi) is 5.01. The number of hydrogen-bond donors (Lipinski definition) is 1. The van der Waals surface area contributed by atoms with Gasteiger partial charge in [-0.3, -0.25) is 4.79 Å². The molecule has 0 aliphatic rings. The van der Waals surface area contributed by atoms with Crippen molar-refractivity contribution in [1.82, 2.24) is 14.7 Å². The van der Waals surface area contributed by atoms with E-state index in [4.69, 9.17) is 16.3 Å². The summed E-state index contributed by atoms with van der Waals surface area (Å²) < 4.78 is 7.39. The zero-order valence-electron chi connectivity index (χ0n) is 13.3. The number of halogens is 1. The molecule has 2 heterocycles. The lowest BCUT2D eigenvalue weighted by Crippen LogP contribution is -2.30. The van der Waals surface area contributed by atoms with Gasteiger partial charge in [0.2, 0.25) is 0 Å². The van der Waals surface area contributed by atoms with Crippen LogP contribution in [0.4, 0.5) is 0 Å². The number of pyridine rings is 1. The van der Waals surface area contributed by atoms with Crippen LogP contribution in [-0.2, 0) is 11.2 Å². The number of rotatable bonds is 6. The molecule has 0 atom stereocenters. The number of nitrogens with zero attached hydrogens (tertiary/aromatic N) is 2. The molecule has 0 saturated carbocycles. The molecule has 0 radical (unpaired) electrons. The van der Waals surface area contributed by atoms with E-state index in [0.717, 1.165) is 22.7 Å². The number of imidazole rings is 1. The zero-order valence-corrected chi connectivity index (χ0v) is 14.1. The van der Waals surface area contributed by atoms with Crippen LogP contribution in [0.2, 0.25) is 5.02 Å². The molecule has 1 aromatic carbocycles. The largest absolute Gasteiger partial charge is 0.484 e. The molecular formula is C18H18ClN3O2. The number of para-hydroxylation sites is 1. The molecule has 3 aromatic rings. The number of benzene rings is 1. The Labute approximate surface area is 145 Å². The second-order valence-corrected chi connectivity index (χ2v) is 5.94. The number of nitrogens with one attached hydrogen (secondary N) is 1. The normalized spacial score (nSPS) is 10.8. The summed E-state index contributed by atoms with van der Waals surface area (Å²) in [5.74, 6) is 0.579. The Hall–Kier alpha value is -2.53. The van der Waals surface area contributed by atoms with Crippen molar-refractivity contribution in [1.29, 1.82) is 0 Å². The van der Waals surface area contributed by atoms with E-state index in [0.29, 0.717) is 18.0 Å². The molecule has 1 amide bonds. The van der Waals surface area contributed by atoms with Crippen LogP contribution in [0.3, 0.4) is 0 Å². The molecule has 124 valence electrons. The van der Waals surface area contributed by atoms with Gasteiger partial charge < -0.3 is 14.5 Å². The summed E-state index contributed by atoms with van der Waals surface area (Å²) in [5, 5.41) is 3.50. The van der Waals surface area contributed by atoms with Gasteiger partial charge >= 0.3 is 0 Å². The number of carbonyl (C=O) groups is 1. The summed E-state index contributed by atoms with van der Waals surface area (Å²) in [6.45, 7) is 2.46. The summed E-state index contributed by atoms with van der Waals surface area (Å²) in [6.07, 6.45) is 4.37. The lowest BCUT2D eigenvalue weighted by molar-refractivity contribution is -0.123. The fraction of sp³-hybridized carbons (Fsp3) is 0.222. The van der Waals surface area contributed by atoms with E-state index in [-0.39, 0.29) is 12.5 Å². The first-order valence-electron chi connectivity index (χ1n) is 7.70. The summed E-state index contributed by atoms with van der Waals surface area (Å²) >= 11 is 5.95. The Morgan fingerprint density at radius 3 is 2.92 bits per heavy atom. The predicted molar refractivity (Wildman–Crippen MR) is 93.6 cm³/mol. The van der Waals surface area contributed by atoms with Gasteiger partial charge in [-0.15, -0.1) is 0 Å². The number of aromatic nitrogens is 2. The van der Waals surface area contributed by atoms with Crippen LogP contribution >= 0.6 is 11.6 Å². The summed E-state index contributed by atoms with van der Waals surface area (Å²) in [5.41, 5.74) is 2.75. The van der Waals surface area contributed by atoms with Crippen molar-refractivity contribution in [2.45, 2.75) is 13.3 Å². The molecule has 0 aliphatic heterocycles. The topological polar surface area (TPSA) is 55.6 Å². The zero-order chi connectivity index (χ0) is 16.9. The van der Waals surface area contributed by atoms with Crippen LogP contribution in [0.1, 0.15) is 11.3 Å². The van der Waals surface area contributed by atoms with E-state index in [1.54, 1.807) is 6.07 Å². The standard InChI is InChI=1S/C18H18ClN3O2/c1-13-4-2-3-5-16(13)24-12-18(23)20-9-8-15-11-22-10-14(19)6-7-17(22)21-15/h2-7,10-11H,8-9,12H2,1H3,(H,20,23). The smallest absolute Gasteiger partial charge is 0.257 e. The predicted octanol–water partition coefficient (Wildman–Crippen LogP) is 3.03. The molecule has 2 aromatic heterocycles. The second kappa shape index (κ2) is 7.36. The van der Waals surface area contributed by atoms with Crippen molar-refractivity contribution >= 4 is 23.2 Å². The SMILES string of the molecule is Cc1ccccc1OCC(=O)NCCc1cn2cc(Cl)ccc2n1. The van der Waals surface area contributed by atoms with Crippen molar-refractivity contribution in [2.75, 3.05) is 13.2 Å². The van der Waals surface area contributed by atoms with Crippen LogP contribution in [0.25, 0.3) is 5.65 Å². The van der Waals surface area contributed by atoms with Crippen LogP contribution < -0.4 is 10.1 Å². The fourth-order valence-corrected chi connectivity index (χ4v) is 2.55. The Bertz CT molecular complexity index is 860. The molecule has 24 heavy (non-hydrogen) atoms. The first kappa shape index (κ1) is 16.3. The van der Waals surface area contributed by atoms with Crippen molar-refractivity contribution in [3.63, 3.8) is 0 Å². The first-order valence-corrected chi connectivity index (χ1v) is 8.08. The minimum atomic E-state index is -0.148. The van der Waals surface area contributed by atoms with Crippen molar-refractivity contribution < 1.29 is 9.53 Å². The molecule has 6 heteroatoms. The quantitative estimate of drug-likeness (QED) is 0.748. The van der Waals surface area contributed by atoms with Crippen LogP contribution in [0.5, 0.6) is 5.75 Å². The van der Waals surface area contributed by atoms with Crippen LogP contribution in [0, 0.1) is 6.92 Å². The molecule has 0 fully saturated rings. The molecule has 0 aliphatic carbocycles. The van der Waals surface area contributed by atoms with E-state index < -0.39 is 0 Å². The van der Waals surface area contributed by atoms with Crippen LogP contribution in [-0.4, -0.2) is 28.4 Å². The molecule has 3 rings (SSSR count). The maximum absolute atomic E-state index is 11.9. The molecule has 0 bridgehead atoms. The van der Waals surface area contributed by atoms with Crippen molar-refractivity contribution in [2.24, 2.45) is 0 Å². The molecular weight excluding hydrogens is 326 g/mol. The Balaban J connectivity index is 1.47. The lowest BCUT2D eigenvalue weighted by atomic mass is 10.2. The Morgan fingerprint density at radius 1 is 1.25 bits per heavy atom. The molecule has 0 saturated heterocycles. The third kappa shape index (κ3) is 4.06. The van der Waals surface area contributed by atoms with Crippen molar-refractivity contribution in [3.8, 4) is 5.75 Å². The van der Waals surface area contributed by atoms with Gasteiger partial charge in [0.15, 0.2) is 6.61 Å². The highest BCUT2D eigenvalue weighted by Crippen LogP contribution is 2.15. The average molecular weight is 344 g/mol. The summed E-state index contributed by atoms with van der Waals surface area (Å²) in [6, 6.07) is 11.3. The number of fused-ring (bicyclic) bond motifs is 1. The highest BCUT2D eigenvalue weighted by molar-refractivity contribution is 6.30. The van der Waals surface area contributed by atoms with Gasteiger partial charge in [0.1, 0.15) is 11.4 Å². The number of ether oxygens (including phenoxy) is 1. The molecule has 0 unspecified atom stereocenters. The summed E-state index contributed by atoms with van der Waals surface area (Å²) in [7, 11) is 0. The first-order chi connectivity index (χ1) is 11.6. The van der Waals surface area contributed by atoms with E-state index in [2.05, 4.69) is 10.3 Å². The van der Waals surface area contributed by atoms with E-state index in [1.807, 2.05) is 54.0 Å². The number of amides is 1. The molecule has 0 spiro atoms. The minimum Gasteiger partial charge on any atom is -0.484 e. The lowest BCUT2D eigenvalue weighted by Gasteiger charge is -2.08. The van der Waals surface area contributed by atoms with Gasteiger partial charge in [0.25, 0.3) is 5.91 Å². The van der Waals surface area contributed by atoms with Gasteiger partial charge in [-0.05, 0) is 30.7 Å². The maximum atomic E-state index is 11.9. The van der Waals surface area contributed by atoms with Crippen molar-refractivity contribution in [3.05, 3.63) is 65.1 Å². The van der Waals surface area contributed by atoms with E-state index in [9.17, 15) is 4.79 Å². The molecule has 1 N–H and O–H groups in total. The summed E-state index contributed by atoms with van der Waals surface area (Å²) in [4.78, 5) is 16.3. The number of aryl methyl sites for hydroxylation is 1. The third-order valence-electron chi connectivity index (χ3n) is 3.62. The van der Waals surface area contributed by atoms with Gasteiger partial charge in [-0.2, -0.15) is 0 Å². The number of hydrogen-bond acceptors (Lipinski definition) is 3. The highest BCUT2D eigenvalue weighted by Gasteiger charge is 2.06. The van der Waals surface area contributed by atoms with Gasteiger partial charge in [-0.1, -0.05) is 29.8 Å². The third-order valence-corrected chi connectivity index (χ3v) is 3.84. The highest BCUT2D eigenvalue weighted by atomic mass is 35.5. The number of carbonyl (C=O) groups excluding carboxylic acids is 1. The second-order valence-electron chi connectivity index (χ2n) is 5.50. The maximum Gasteiger partial charge on any atom is 0.257 e. The average Bonchev–Trinajstić information content (AvgIpc) is 2.96. The fourth-order valence-electron chi connectivity index (χ4n) is 2.38. The Morgan fingerprint density at radius 2 is 2.08 bits per heavy atom. The van der Waals surface area contributed by atoms with E-state index in [1.165, 1.54) is 0 Å². The van der Waals surface area contributed by atoms with Gasteiger partial charge in [0, 0.05) is 25.4 Å².